The summed E-state index contributed by atoms with van der Waals surface area (Å²) < 4.78 is 1.96. The topological polar surface area (TPSA) is 20.2 Å². The van der Waals surface area contributed by atoms with Gasteiger partial charge in [-0.15, -0.1) is 0 Å². The van der Waals surface area contributed by atoms with Crippen molar-refractivity contribution in [1.82, 2.24) is 0 Å². The van der Waals surface area contributed by atoms with Crippen molar-refractivity contribution >= 4 is 15.9 Å². The summed E-state index contributed by atoms with van der Waals surface area (Å²) >= 11 is 3.53. The van der Waals surface area contributed by atoms with Crippen molar-refractivity contribution in [3.63, 3.8) is 0 Å². The van der Waals surface area contributed by atoms with Crippen LogP contribution in [-0.2, 0) is 0 Å². The summed E-state index contributed by atoms with van der Waals surface area (Å²) in [6, 6.07) is 8.62. The van der Waals surface area contributed by atoms with Gasteiger partial charge in [-0.25, -0.2) is 0 Å². The summed E-state index contributed by atoms with van der Waals surface area (Å²) in [7, 11) is 2.15. The SMILES string of the molecule is CC(O)[N+]1(C)CCC(c2cccc(Br)c2)CC1. The fraction of sp³-hybridized carbons (Fsp3) is 0.571. The van der Waals surface area contributed by atoms with E-state index >= 15 is 0 Å². The van der Waals surface area contributed by atoms with E-state index in [4.69, 9.17) is 0 Å². The molecule has 1 aliphatic heterocycles. The van der Waals surface area contributed by atoms with E-state index in [1.807, 2.05) is 6.92 Å². The van der Waals surface area contributed by atoms with Crippen molar-refractivity contribution in [3.05, 3.63) is 34.3 Å². The van der Waals surface area contributed by atoms with Crippen LogP contribution < -0.4 is 0 Å². The van der Waals surface area contributed by atoms with Gasteiger partial charge in [-0.3, -0.25) is 0 Å². The zero-order valence-corrected chi connectivity index (χ0v) is 12.2. The molecule has 0 aliphatic carbocycles. The lowest BCUT2D eigenvalue weighted by Crippen LogP contribution is -2.54. The molecule has 1 aromatic rings. The van der Waals surface area contributed by atoms with Crippen molar-refractivity contribution < 1.29 is 9.59 Å². The molecule has 0 amide bonds. The van der Waals surface area contributed by atoms with E-state index < -0.39 is 0 Å². The van der Waals surface area contributed by atoms with Gasteiger partial charge in [0.2, 0.25) is 0 Å². The molecule has 1 N–H and O–H groups in total. The summed E-state index contributed by atoms with van der Waals surface area (Å²) in [6.45, 7) is 4.03. The van der Waals surface area contributed by atoms with Gasteiger partial charge in [-0.1, -0.05) is 28.1 Å². The Labute approximate surface area is 112 Å². The minimum Gasteiger partial charge on any atom is -0.345 e. The second-order valence-electron chi connectivity index (χ2n) is 5.39. The maximum Gasteiger partial charge on any atom is 0.187 e. The number of aliphatic hydroxyl groups is 1. The second kappa shape index (κ2) is 5.09. The van der Waals surface area contributed by atoms with Crippen LogP contribution in [0, 0.1) is 0 Å². The predicted molar refractivity (Wildman–Crippen MR) is 73.7 cm³/mol. The Bertz CT molecular complexity index is 384. The summed E-state index contributed by atoms with van der Waals surface area (Å²) in [5.74, 6) is 0.650. The highest BCUT2D eigenvalue weighted by atomic mass is 79.9. The van der Waals surface area contributed by atoms with E-state index in [0.717, 1.165) is 34.9 Å². The monoisotopic (exact) mass is 298 g/mol. The molecular weight excluding hydrogens is 278 g/mol. The Morgan fingerprint density at radius 3 is 2.53 bits per heavy atom. The van der Waals surface area contributed by atoms with Gasteiger partial charge in [0, 0.05) is 24.2 Å². The van der Waals surface area contributed by atoms with Gasteiger partial charge in [-0.05, 0) is 23.6 Å². The maximum atomic E-state index is 9.80. The zero-order valence-electron chi connectivity index (χ0n) is 10.6. The third-order valence-electron chi connectivity index (χ3n) is 4.20. The largest absolute Gasteiger partial charge is 0.345 e. The van der Waals surface area contributed by atoms with Crippen molar-refractivity contribution in [1.29, 1.82) is 0 Å². The van der Waals surface area contributed by atoms with Crippen molar-refractivity contribution in [2.24, 2.45) is 0 Å². The molecular formula is C14H21BrNO+. The van der Waals surface area contributed by atoms with Crippen molar-refractivity contribution in [3.8, 4) is 0 Å². The molecule has 0 radical (unpaired) electrons. The van der Waals surface area contributed by atoms with Gasteiger partial charge in [0.1, 0.15) is 0 Å². The van der Waals surface area contributed by atoms with Crippen LogP contribution in [0.2, 0.25) is 0 Å². The number of likely N-dealkylation sites (tertiary alicyclic amines) is 1. The third-order valence-corrected chi connectivity index (χ3v) is 4.69. The van der Waals surface area contributed by atoms with Crippen LogP contribution in [0.3, 0.4) is 0 Å². The smallest absolute Gasteiger partial charge is 0.187 e. The standard InChI is InChI=1S/C14H21BrNO/c1-11(17)16(2)8-6-12(7-9-16)13-4-3-5-14(15)10-13/h3-5,10-12,17H,6-9H2,1-2H3/q+1. The van der Waals surface area contributed by atoms with Gasteiger partial charge < -0.3 is 9.59 Å². The second-order valence-corrected chi connectivity index (χ2v) is 6.30. The molecule has 1 saturated heterocycles. The first-order chi connectivity index (χ1) is 8.01. The fourth-order valence-electron chi connectivity index (χ4n) is 2.63. The van der Waals surface area contributed by atoms with Crippen LogP contribution in [0.5, 0.6) is 0 Å². The van der Waals surface area contributed by atoms with E-state index in [2.05, 4.69) is 47.2 Å². The molecule has 94 valence electrons. The van der Waals surface area contributed by atoms with Gasteiger partial charge >= 0.3 is 0 Å². The highest BCUT2D eigenvalue weighted by Gasteiger charge is 2.34. The molecule has 1 atom stereocenters. The van der Waals surface area contributed by atoms with Gasteiger partial charge in [-0.2, -0.15) is 0 Å². The molecule has 2 nitrogen and oxygen atoms in total. The maximum absolute atomic E-state index is 9.80. The van der Waals surface area contributed by atoms with E-state index in [-0.39, 0.29) is 6.23 Å². The zero-order chi connectivity index (χ0) is 12.5. The van der Waals surface area contributed by atoms with E-state index in [1.165, 1.54) is 5.56 Å². The quantitative estimate of drug-likeness (QED) is 0.832. The number of hydrogen-bond acceptors (Lipinski definition) is 1. The molecule has 1 fully saturated rings. The molecule has 1 aromatic carbocycles. The number of benzene rings is 1. The summed E-state index contributed by atoms with van der Waals surface area (Å²) in [6.07, 6.45) is 2.08. The van der Waals surface area contributed by atoms with E-state index in [0.29, 0.717) is 5.92 Å². The first-order valence-corrected chi connectivity index (χ1v) is 7.08. The molecule has 3 heteroatoms. The Morgan fingerprint density at radius 2 is 2.00 bits per heavy atom. The molecule has 0 spiro atoms. The minimum atomic E-state index is -0.251. The first kappa shape index (κ1) is 13.1. The molecule has 1 unspecified atom stereocenters. The van der Waals surface area contributed by atoms with Gasteiger partial charge in [0.05, 0.1) is 20.1 Å². The van der Waals surface area contributed by atoms with Crippen molar-refractivity contribution in [2.75, 3.05) is 20.1 Å². The van der Waals surface area contributed by atoms with Crippen LogP contribution in [0.25, 0.3) is 0 Å². The molecule has 0 saturated carbocycles. The van der Waals surface area contributed by atoms with E-state index in [1.54, 1.807) is 0 Å². The lowest BCUT2D eigenvalue weighted by Gasteiger charge is -2.42. The number of hydrogen-bond donors (Lipinski definition) is 1. The molecule has 1 aliphatic rings. The average molecular weight is 299 g/mol. The van der Waals surface area contributed by atoms with Gasteiger partial charge in [0.15, 0.2) is 6.23 Å². The first-order valence-electron chi connectivity index (χ1n) is 6.29. The van der Waals surface area contributed by atoms with Crippen LogP contribution >= 0.6 is 15.9 Å². The number of rotatable bonds is 2. The molecule has 0 bridgehead atoms. The lowest BCUT2D eigenvalue weighted by atomic mass is 9.88. The van der Waals surface area contributed by atoms with Crippen LogP contribution in [0.4, 0.5) is 0 Å². The Morgan fingerprint density at radius 1 is 1.35 bits per heavy atom. The molecule has 2 rings (SSSR count). The number of quaternary nitrogens is 1. The number of nitrogens with zero attached hydrogens (tertiary/aromatic N) is 1. The highest BCUT2D eigenvalue weighted by molar-refractivity contribution is 9.10. The Balaban J connectivity index is 2.04. The van der Waals surface area contributed by atoms with Crippen LogP contribution in [0.1, 0.15) is 31.2 Å². The molecule has 17 heavy (non-hydrogen) atoms. The third kappa shape index (κ3) is 2.90. The summed E-state index contributed by atoms with van der Waals surface area (Å²) in [4.78, 5) is 0. The van der Waals surface area contributed by atoms with Crippen molar-refractivity contribution in [2.45, 2.75) is 31.9 Å². The fourth-order valence-corrected chi connectivity index (χ4v) is 3.04. The Kier molecular flexibility index (Phi) is 3.91. The normalized spacial score (nSPS) is 31.2. The average Bonchev–Trinajstić information content (AvgIpc) is 2.30. The highest BCUT2D eigenvalue weighted by Crippen LogP contribution is 2.32. The predicted octanol–water partition coefficient (Wildman–Crippen LogP) is 3.11. The summed E-state index contributed by atoms with van der Waals surface area (Å²) in [5.41, 5.74) is 1.43. The van der Waals surface area contributed by atoms with Crippen LogP contribution in [-0.4, -0.2) is 36.0 Å². The minimum absolute atomic E-state index is 0.251. The number of aliphatic hydroxyl groups excluding tert-OH is 1. The summed E-state index contributed by atoms with van der Waals surface area (Å²) in [5, 5.41) is 9.80. The number of halogens is 1. The lowest BCUT2D eigenvalue weighted by molar-refractivity contribution is -0.956. The Hall–Kier alpha value is -0.380. The van der Waals surface area contributed by atoms with E-state index in [9.17, 15) is 5.11 Å². The molecule has 0 aromatic heterocycles. The molecule has 1 heterocycles. The number of piperidine rings is 1. The van der Waals surface area contributed by atoms with Crippen LogP contribution in [0.15, 0.2) is 28.7 Å². The van der Waals surface area contributed by atoms with Gasteiger partial charge in [0.25, 0.3) is 0 Å².